The van der Waals surface area contributed by atoms with Gasteiger partial charge in [-0.25, -0.2) is 0 Å². The van der Waals surface area contributed by atoms with Gasteiger partial charge < -0.3 is 0 Å². The standard InChI is InChI=1S/C17H17N3O/c1-3-13-6-8-15(9-7-13)20-17(21)12(2)16(19-20)14-5-4-10-18-11-14/h4-12H,3H2,1-2H3. The second-order valence-electron chi connectivity index (χ2n) is 5.12. The van der Waals surface area contributed by atoms with Gasteiger partial charge in [0.2, 0.25) is 0 Å². The fraction of sp³-hybridized carbons (Fsp3) is 0.235. The molecule has 1 aliphatic rings. The summed E-state index contributed by atoms with van der Waals surface area (Å²) in [5.41, 5.74) is 3.72. The van der Waals surface area contributed by atoms with E-state index in [1.54, 1.807) is 12.4 Å². The lowest BCUT2D eigenvalue weighted by Crippen LogP contribution is -2.25. The third kappa shape index (κ3) is 2.44. The van der Waals surface area contributed by atoms with Crippen LogP contribution in [0.1, 0.15) is 25.0 Å². The molecule has 1 aliphatic heterocycles. The van der Waals surface area contributed by atoms with E-state index >= 15 is 0 Å². The summed E-state index contributed by atoms with van der Waals surface area (Å²) in [5, 5.41) is 6.00. The summed E-state index contributed by atoms with van der Waals surface area (Å²) in [7, 11) is 0. The van der Waals surface area contributed by atoms with Crippen LogP contribution in [0, 0.1) is 5.92 Å². The van der Waals surface area contributed by atoms with Gasteiger partial charge in [0.15, 0.2) is 0 Å². The topological polar surface area (TPSA) is 45.6 Å². The Morgan fingerprint density at radius 3 is 2.57 bits per heavy atom. The highest BCUT2D eigenvalue weighted by Gasteiger charge is 2.33. The van der Waals surface area contributed by atoms with Crippen molar-refractivity contribution in [1.29, 1.82) is 0 Å². The van der Waals surface area contributed by atoms with Crippen molar-refractivity contribution in [1.82, 2.24) is 4.98 Å². The van der Waals surface area contributed by atoms with Gasteiger partial charge in [-0.15, -0.1) is 0 Å². The molecule has 21 heavy (non-hydrogen) atoms. The van der Waals surface area contributed by atoms with Crippen molar-refractivity contribution in [2.75, 3.05) is 5.01 Å². The quantitative estimate of drug-likeness (QED) is 0.867. The van der Waals surface area contributed by atoms with E-state index in [1.807, 2.05) is 43.3 Å². The maximum atomic E-state index is 12.4. The van der Waals surface area contributed by atoms with Crippen LogP contribution in [-0.2, 0) is 11.2 Å². The lowest BCUT2D eigenvalue weighted by molar-refractivity contribution is -0.119. The van der Waals surface area contributed by atoms with Crippen molar-refractivity contribution in [3.05, 3.63) is 59.9 Å². The van der Waals surface area contributed by atoms with Gasteiger partial charge in [0, 0.05) is 18.0 Å². The number of amides is 1. The maximum absolute atomic E-state index is 12.4. The van der Waals surface area contributed by atoms with Gasteiger partial charge >= 0.3 is 0 Å². The first-order chi connectivity index (χ1) is 10.2. The van der Waals surface area contributed by atoms with Gasteiger partial charge in [0.25, 0.3) is 5.91 Å². The van der Waals surface area contributed by atoms with Crippen molar-refractivity contribution in [3.63, 3.8) is 0 Å². The molecule has 3 rings (SSSR count). The van der Waals surface area contributed by atoms with Crippen molar-refractivity contribution in [2.45, 2.75) is 20.3 Å². The van der Waals surface area contributed by atoms with E-state index in [4.69, 9.17) is 0 Å². The average Bonchev–Trinajstić information content (AvgIpc) is 2.84. The molecule has 4 nitrogen and oxygen atoms in total. The van der Waals surface area contributed by atoms with Crippen molar-refractivity contribution < 1.29 is 4.79 Å². The normalized spacial score (nSPS) is 18.0. The second-order valence-corrected chi connectivity index (χ2v) is 5.12. The summed E-state index contributed by atoms with van der Waals surface area (Å²) in [4.78, 5) is 16.5. The zero-order valence-electron chi connectivity index (χ0n) is 12.2. The summed E-state index contributed by atoms with van der Waals surface area (Å²) in [6, 6.07) is 11.7. The highest BCUT2D eigenvalue weighted by Crippen LogP contribution is 2.26. The molecule has 0 saturated carbocycles. The van der Waals surface area contributed by atoms with E-state index in [1.165, 1.54) is 10.6 Å². The van der Waals surface area contributed by atoms with Gasteiger partial charge in [0.1, 0.15) is 0 Å². The van der Waals surface area contributed by atoms with E-state index in [0.29, 0.717) is 0 Å². The van der Waals surface area contributed by atoms with Gasteiger partial charge in [0.05, 0.1) is 17.3 Å². The Morgan fingerprint density at radius 1 is 1.19 bits per heavy atom. The van der Waals surface area contributed by atoms with Crippen LogP contribution >= 0.6 is 0 Å². The molecule has 1 aromatic carbocycles. The van der Waals surface area contributed by atoms with Crippen LogP contribution in [0.5, 0.6) is 0 Å². The number of hydrogen-bond donors (Lipinski definition) is 0. The lowest BCUT2D eigenvalue weighted by atomic mass is 10.0. The molecule has 1 atom stereocenters. The highest BCUT2D eigenvalue weighted by atomic mass is 16.2. The monoisotopic (exact) mass is 279 g/mol. The molecule has 0 radical (unpaired) electrons. The molecule has 1 amide bonds. The number of aryl methyl sites for hydroxylation is 1. The Kier molecular flexibility index (Phi) is 3.52. The van der Waals surface area contributed by atoms with E-state index < -0.39 is 0 Å². The minimum absolute atomic E-state index is 0.00176. The van der Waals surface area contributed by atoms with Crippen molar-refractivity contribution in [3.8, 4) is 0 Å². The van der Waals surface area contributed by atoms with E-state index in [0.717, 1.165) is 23.4 Å². The fourth-order valence-corrected chi connectivity index (χ4v) is 2.42. The maximum Gasteiger partial charge on any atom is 0.256 e. The predicted molar refractivity (Wildman–Crippen MR) is 83.2 cm³/mol. The highest BCUT2D eigenvalue weighted by molar-refractivity contribution is 6.21. The molecule has 0 fully saturated rings. The Hall–Kier alpha value is -2.49. The minimum Gasteiger partial charge on any atom is -0.272 e. The summed E-state index contributed by atoms with van der Waals surface area (Å²) in [5.74, 6) is -0.252. The first-order valence-corrected chi connectivity index (χ1v) is 7.12. The van der Waals surface area contributed by atoms with Crippen molar-refractivity contribution >= 4 is 17.3 Å². The number of rotatable bonds is 3. The van der Waals surface area contributed by atoms with Crippen LogP contribution < -0.4 is 5.01 Å². The molecule has 0 spiro atoms. The Labute approximate surface area is 124 Å². The van der Waals surface area contributed by atoms with Gasteiger partial charge in [-0.3, -0.25) is 9.78 Å². The third-order valence-electron chi connectivity index (χ3n) is 3.74. The number of aromatic nitrogens is 1. The molecule has 0 saturated heterocycles. The number of hydrogen-bond acceptors (Lipinski definition) is 3. The summed E-state index contributed by atoms with van der Waals surface area (Å²) in [6.07, 6.45) is 4.44. The molecule has 1 aromatic heterocycles. The molecule has 2 aromatic rings. The largest absolute Gasteiger partial charge is 0.272 e. The molecule has 0 N–H and O–H groups in total. The zero-order chi connectivity index (χ0) is 14.8. The molecular weight excluding hydrogens is 262 g/mol. The molecule has 0 bridgehead atoms. The van der Waals surface area contributed by atoms with Gasteiger partial charge in [-0.2, -0.15) is 10.1 Å². The summed E-state index contributed by atoms with van der Waals surface area (Å²) in [6.45, 7) is 3.99. The Bertz CT molecular complexity index is 677. The SMILES string of the molecule is CCc1ccc(N2N=C(c3cccnc3)C(C)C2=O)cc1. The average molecular weight is 279 g/mol. The van der Waals surface area contributed by atoms with Crippen LogP contribution in [0.4, 0.5) is 5.69 Å². The van der Waals surface area contributed by atoms with Crippen LogP contribution in [-0.4, -0.2) is 16.6 Å². The Morgan fingerprint density at radius 2 is 1.95 bits per heavy atom. The minimum atomic E-state index is -0.250. The summed E-state index contributed by atoms with van der Waals surface area (Å²) < 4.78 is 0. The zero-order valence-corrected chi connectivity index (χ0v) is 12.2. The predicted octanol–water partition coefficient (Wildman–Crippen LogP) is 3.03. The number of nitrogens with zero attached hydrogens (tertiary/aromatic N) is 3. The molecule has 4 heteroatoms. The van der Waals surface area contributed by atoms with Crippen molar-refractivity contribution in [2.24, 2.45) is 11.0 Å². The fourth-order valence-electron chi connectivity index (χ4n) is 2.42. The molecule has 2 heterocycles. The smallest absolute Gasteiger partial charge is 0.256 e. The van der Waals surface area contributed by atoms with E-state index in [2.05, 4.69) is 17.0 Å². The number of benzene rings is 1. The number of anilines is 1. The summed E-state index contributed by atoms with van der Waals surface area (Å²) >= 11 is 0. The number of carbonyl (C=O) groups is 1. The molecule has 1 unspecified atom stereocenters. The first-order valence-electron chi connectivity index (χ1n) is 7.12. The van der Waals surface area contributed by atoms with Gasteiger partial charge in [-0.1, -0.05) is 19.1 Å². The molecule has 0 aliphatic carbocycles. The van der Waals surface area contributed by atoms with Gasteiger partial charge in [-0.05, 0) is 43.2 Å². The van der Waals surface area contributed by atoms with E-state index in [9.17, 15) is 4.79 Å². The molecular formula is C17H17N3O. The number of pyridine rings is 1. The van der Waals surface area contributed by atoms with Crippen LogP contribution in [0.25, 0.3) is 0 Å². The third-order valence-corrected chi connectivity index (χ3v) is 3.74. The Balaban J connectivity index is 1.96. The second kappa shape index (κ2) is 5.48. The first kappa shape index (κ1) is 13.5. The number of hydrazone groups is 1. The number of carbonyl (C=O) groups excluding carboxylic acids is 1. The van der Waals surface area contributed by atoms with E-state index in [-0.39, 0.29) is 11.8 Å². The lowest BCUT2D eigenvalue weighted by Gasteiger charge is -2.12. The van der Waals surface area contributed by atoms with Crippen LogP contribution in [0.3, 0.4) is 0 Å². The van der Waals surface area contributed by atoms with Crippen LogP contribution in [0.15, 0.2) is 53.9 Å². The molecule has 106 valence electrons. The van der Waals surface area contributed by atoms with Crippen LogP contribution in [0.2, 0.25) is 0 Å².